The van der Waals surface area contributed by atoms with Crippen molar-refractivity contribution >= 4 is 41.0 Å². The molecule has 5 nitrogen and oxygen atoms in total. The third kappa shape index (κ3) is 5.12. The van der Waals surface area contributed by atoms with Crippen molar-refractivity contribution < 1.29 is 9.21 Å². The van der Waals surface area contributed by atoms with Gasteiger partial charge in [0, 0.05) is 16.3 Å². The zero-order valence-electron chi connectivity index (χ0n) is 14.5. The van der Waals surface area contributed by atoms with Crippen molar-refractivity contribution in [2.24, 2.45) is 5.10 Å². The van der Waals surface area contributed by atoms with E-state index in [0.717, 1.165) is 16.8 Å². The fourth-order valence-electron chi connectivity index (χ4n) is 2.41. The second-order valence-corrected chi connectivity index (χ2v) is 6.63. The molecule has 1 heterocycles. The van der Waals surface area contributed by atoms with Gasteiger partial charge in [0.05, 0.1) is 17.8 Å². The van der Waals surface area contributed by atoms with Crippen LogP contribution in [0, 0.1) is 6.92 Å². The number of benzene rings is 2. The third-order valence-electron chi connectivity index (χ3n) is 3.79. The molecular formula is C20H17Cl2N3O2. The number of carbonyl (C=O) groups is 1. The molecule has 3 aromatic rings. The lowest BCUT2D eigenvalue weighted by molar-refractivity contribution is -0.119. The van der Waals surface area contributed by atoms with Gasteiger partial charge in [0.1, 0.15) is 11.5 Å². The fourth-order valence-corrected chi connectivity index (χ4v) is 2.91. The van der Waals surface area contributed by atoms with Gasteiger partial charge in [0.25, 0.3) is 5.91 Å². The Labute approximate surface area is 167 Å². The summed E-state index contributed by atoms with van der Waals surface area (Å²) in [4.78, 5) is 11.9. The molecular weight excluding hydrogens is 385 g/mol. The molecule has 0 aliphatic carbocycles. The van der Waals surface area contributed by atoms with Gasteiger partial charge in [-0.15, -0.1) is 0 Å². The van der Waals surface area contributed by atoms with E-state index >= 15 is 0 Å². The third-order valence-corrected chi connectivity index (χ3v) is 4.34. The number of anilines is 1. The summed E-state index contributed by atoms with van der Waals surface area (Å²) in [7, 11) is 0. The molecule has 3 rings (SSSR count). The number of hydrogen-bond donors (Lipinski definition) is 2. The van der Waals surface area contributed by atoms with Crippen LogP contribution in [-0.2, 0) is 4.79 Å². The van der Waals surface area contributed by atoms with Gasteiger partial charge in [-0.25, -0.2) is 5.43 Å². The molecule has 0 saturated heterocycles. The summed E-state index contributed by atoms with van der Waals surface area (Å²) in [6.45, 7) is 2.09. The Morgan fingerprint density at radius 1 is 1.15 bits per heavy atom. The van der Waals surface area contributed by atoms with E-state index in [1.165, 1.54) is 6.21 Å². The maximum atomic E-state index is 11.9. The molecule has 0 unspecified atom stereocenters. The van der Waals surface area contributed by atoms with E-state index < -0.39 is 0 Å². The Balaban J connectivity index is 1.55. The molecule has 0 radical (unpaired) electrons. The van der Waals surface area contributed by atoms with Crippen LogP contribution >= 0.6 is 23.2 Å². The molecule has 0 atom stereocenters. The van der Waals surface area contributed by atoms with Crippen molar-refractivity contribution in [1.82, 2.24) is 5.43 Å². The van der Waals surface area contributed by atoms with Crippen LogP contribution in [0.4, 0.5) is 5.69 Å². The average molecular weight is 402 g/mol. The predicted molar refractivity (Wildman–Crippen MR) is 110 cm³/mol. The topological polar surface area (TPSA) is 66.6 Å². The molecule has 1 amide bonds. The minimum Gasteiger partial charge on any atom is -0.455 e. The van der Waals surface area contributed by atoms with E-state index in [9.17, 15) is 4.79 Å². The monoisotopic (exact) mass is 401 g/mol. The van der Waals surface area contributed by atoms with Crippen LogP contribution in [0.3, 0.4) is 0 Å². The van der Waals surface area contributed by atoms with Gasteiger partial charge >= 0.3 is 0 Å². The number of nitrogens with zero attached hydrogens (tertiary/aromatic N) is 1. The zero-order valence-corrected chi connectivity index (χ0v) is 16.0. The smallest absolute Gasteiger partial charge is 0.259 e. The lowest BCUT2D eigenvalue weighted by Gasteiger charge is -2.07. The van der Waals surface area contributed by atoms with Crippen LogP contribution in [0.25, 0.3) is 11.3 Å². The maximum Gasteiger partial charge on any atom is 0.259 e. The Kier molecular flexibility index (Phi) is 6.16. The van der Waals surface area contributed by atoms with E-state index in [1.54, 1.807) is 30.3 Å². The highest BCUT2D eigenvalue weighted by Crippen LogP contribution is 2.31. The molecule has 0 saturated carbocycles. The van der Waals surface area contributed by atoms with Crippen molar-refractivity contribution in [2.75, 3.05) is 11.9 Å². The predicted octanol–water partition coefficient (Wildman–Crippen LogP) is 5.12. The van der Waals surface area contributed by atoms with Crippen molar-refractivity contribution in [3.05, 3.63) is 76.0 Å². The SMILES string of the molecule is Cc1ccccc1NCC(=O)N/N=C\c1ccc(-c2ccc(Cl)cc2Cl)o1. The highest BCUT2D eigenvalue weighted by atomic mass is 35.5. The molecule has 1 aromatic heterocycles. The van der Waals surface area contributed by atoms with Crippen molar-refractivity contribution in [3.8, 4) is 11.3 Å². The number of para-hydroxylation sites is 1. The Hall–Kier alpha value is -2.76. The van der Waals surface area contributed by atoms with Gasteiger partial charge in [-0.3, -0.25) is 4.79 Å². The van der Waals surface area contributed by atoms with E-state index in [2.05, 4.69) is 15.8 Å². The number of amides is 1. The zero-order chi connectivity index (χ0) is 19.2. The number of halogens is 2. The molecule has 0 aliphatic rings. The average Bonchev–Trinajstić information content (AvgIpc) is 3.09. The first-order valence-corrected chi connectivity index (χ1v) is 8.95. The molecule has 2 N–H and O–H groups in total. The highest BCUT2D eigenvalue weighted by molar-refractivity contribution is 6.36. The first-order chi connectivity index (χ1) is 13.0. The molecule has 2 aromatic carbocycles. The van der Waals surface area contributed by atoms with Gasteiger partial charge < -0.3 is 9.73 Å². The van der Waals surface area contributed by atoms with E-state index in [4.69, 9.17) is 27.6 Å². The lowest BCUT2D eigenvalue weighted by Crippen LogP contribution is -2.26. The number of carbonyl (C=O) groups excluding carboxylic acids is 1. The number of hydrazone groups is 1. The van der Waals surface area contributed by atoms with Gasteiger partial charge in [-0.05, 0) is 48.9 Å². The van der Waals surface area contributed by atoms with Gasteiger partial charge in [-0.1, -0.05) is 41.4 Å². The first kappa shape index (κ1) is 19.0. The molecule has 0 spiro atoms. The van der Waals surface area contributed by atoms with Gasteiger partial charge in [-0.2, -0.15) is 5.10 Å². The summed E-state index contributed by atoms with van der Waals surface area (Å²) in [5.41, 5.74) is 5.16. The van der Waals surface area contributed by atoms with Crippen molar-refractivity contribution in [3.63, 3.8) is 0 Å². The summed E-state index contributed by atoms with van der Waals surface area (Å²) >= 11 is 12.1. The summed E-state index contributed by atoms with van der Waals surface area (Å²) in [5.74, 6) is 0.816. The summed E-state index contributed by atoms with van der Waals surface area (Å²) in [5, 5.41) is 8.02. The Morgan fingerprint density at radius 2 is 1.96 bits per heavy atom. The normalized spacial score (nSPS) is 10.9. The number of rotatable bonds is 6. The molecule has 0 bridgehead atoms. The lowest BCUT2D eigenvalue weighted by atomic mass is 10.2. The maximum absolute atomic E-state index is 11.9. The van der Waals surface area contributed by atoms with Crippen molar-refractivity contribution in [2.45, 2.75) is 6.92 Å². The van der Waals surface area contributed by atoms with Crippen LogP contribution in [-0.4, -0.2) is 18.7 Å². The largest absolute Gasteiger partial charge is 0.455 e. The van der Waals surface area contributed by atoms with Crippen LogP contribution in [0.15, 0.2) is 64.1 Å². The molecule has 138 valence electrons. The molecule has 0 aliphatic heterocycles. The van der Waals surface area contributed by atoms with Crippen LogP contribution in [0.1, 0.15) is 11.3 Å². The number of furan rings is 1. The minimum absolute atomic E-state index is 0.117. The molecule has 7 heteroatoms. The number of hydrogen-bond acceptors (Lipinski definition) is 4. The van der Waals surface area contributed by atoms with Crippen LogP contribution in [0.5, 0.6) is 0 Å². The second kappa shape index (κ2) is 8.75. The van der Waals surface area contributed by atoms with Crippen LogP contribution < -0.4 is 10.7 Å². The van der Waals surface area contributed by atoms with Crippen LogP contribution in [0.2, 0.25) is 10.0 Å². The quantitative estimate of drug-likeness (QED) is 0.444. The Morgan fingerprint density at radius 3 is 2.74 bits per heavy atom. The second-order valence-electron chi connectivity index (χ2n) is 5.79. The summed E-state index contributed by atoms with van der Waals surface area (Å²) in [6, 6.07) is 16.4. The molecule has 0 fully saturated rings. The minimum atomic E-state index is -0.262. The standard InChI is InChI=1S/C20H17Cl2N3O2/c1-13-4-2-3-5-18(13)23-12-20(26)25-24-11-15-7-9-19(27-15)16-8-6-14(21)10-17(16)22/h2-11,23H,12H2,1H3,(H,25,26)/b24-11-. The van der Waals surface area contributed by atoms with Gasteiger partial charge in [0.2, 0.25) is 0 Å². The fraction of sp³-hybridized carbons (Fsp3) is 0.100. The summed E-state index contributed by atoms with van der Waals surface area (Å²) in [6.07, 6.45) is 1.43. The summed E-state index contributed by atoms with van der Waals surface area (Å²) < 4.78 is 5.67. The van der Waals surface area contributed by atoms with Crippen molar-refractivity contribution in [1.29, 1.82) is 0 Å². The van der Waals surface area contributed by atoms with E-state index in [0.29, 0.717) is 21.6 Å². The van der Waals surface area contributed by atoms with E-state index in [1.807, 2.05) is 31.2 Å². The number of nitrogens with one attached hydrogen (secondary N) is 2. The first-order valence-electron chi connectivity index (χ1n) is 8.19. The number of aryl methyl sites for hydroxylation is 1. The highest BCUT2D eigenvalue weighted by Gasteiger charge is 2.08. The van der Waals surface area contributed by atoms with E-state index in [-0.39, 0.29) is 12.5 Å². The van der Waals surface area contributed by atoms with Gasteiger partial charge in [0.15, 0.2) is 0 Å². The molecule has 27 heavy (non-hydrogen) atoms. The Bertz CT molecular complexity index is 983.